The first-order valence-corrected chi connectivity index (χ1v) is 5.99. The van der Waals surface area contributed by atoms with Crippen LogP contribution in [0.2, 0.25) is 0 Å². The first-order chi connectivity index (χ1) is 7.72. The maximum absolute atomic E-state index is 5.82. The Kier molecular flexibility index (Phi) is 5.29. The van der Waals surface area contributed by atoms with E-state index in [2.05, 4.69) is 30.1 Å². The molecule has 0 aliphatic heterocycles. The lowest BCUT2D eigenvalue weighted by molar-refractivity contribution is 0.183. The summed E-state index contributed by atoms with van der Waals surface area (Å²) in [6, 6.07) is 8.09. The highest BCUT2D eigenvalue weighted by atomic mass is 15.3. The number of nitrogens with one attached hydrogen (secondary N) is 1. The lowest BCUT2D eigenvalue weighted by Gasteiger charge is -2.30. The van der Waals surface area contributed by atoms with E-state index in [9.17, 15) is 0 Å². The fourth-order valence-corrected chi connectivity index (χ4v) is 2.05. The number of hydrogen-bond acceptors (Lipinski definition) is 3. The van der Waals surface area contributed by atoms with Crippen molar-refractivity contribution in [3.8, 4) is 0 Å². The van der Waals surface area contributed by atoms with Crippen molar-refractivity contribution in [3.63, 3.8) is 0 Å². The van der Waals surface area contributed by atoms with Gasteiger partial charge in [0.05, 0.1) is 6.17 Å². The Bertz CT molecular complexity index is 312. The SMILES string of the molecule is CCCN(CC)C(NC)c1cccc(N)c1. The molecule has 1 aromatic rings. The first-order valence-electron chi connectivity index (χ1n) is 5.99. The standard InChI is InChI=1S/C13H23N3/c1-4-9-16(5-2)13(15-3)11-7-6-8-12(14)10-11/h6-8,10,13,15H,4-5,9,14H2,1-3H3. The average molecular weight is 221 g/mol. The van der Waals surface area contributed by atoms with Crippen LogP contribution < -0.4 is 11.1 Å². The number of benzene rings is 1. The highest BCUT2D eigenvalue weighted by Crippen LogP contribution is 2.19. The molecule has 0 heterocycles. The second-order valence-corrected chi connectivity index (χ2v) is 3.99. The Labute approximate surface area is 98.6 Å². The summed E-state index contributed by atoms with van der Waals surface area (Å²) < 4.78 is 0. The van der Waals surface area contributed by atoms with E-state index in [4.69, 9.17) is 5.73 Å². The zero-order valence-corrected chi connectivity index (χ0v) is 10.5. The highest BCUT2D eigenvalue weighted by molar-refractivity contribution is 5.41. The molecule has 0 amide bonds. The molecule has 0 aromatic heterocycles. The van der Waals surface area contributed by atoms with E-state index in [0.29, 0.717) is 0 Å². The molecule has 0 aliphatic carbocycles. The van der Waals surface area contributed by atoms with E-state index in [0.717, 1.165) is 25.2 Å². The minimum absolute atomic E-state index is 0.258. The molecule has 0 fully saturated rings. The molecule has 1 rings (SSSR count). The molecular weight excluding hydrogens is 198 g/mol. The topological polar surface area (TPSA) is 41.3 Å². The molecule has 90 valence electrons. The van der Waals surface area contributed by atoms with Crippen LogP contribution >= 0.6 is 0 Å². The van der Waals surface area contributed by atoms with Gasteiger partial charge in [-0.05, 0) is 44.3 Å². The molecule has 0 saturated carbocycles. The van der Waals surface area contributed by atoms with Gasteiger partial charge in [0.1, 0.15) is 0 Å². The minimum Gasteiger partial charge on any atom is -0.399 e. The molecule has 3 N–H and O–H groups in total. The first kappa shape index (κ1) is 13.0. The minimum atomic E-state index is 0.258. The summed E-state index contributed by atoms with van der Waals surface area (Å²) in [5.41, 5.74) is 7.88. The van der Waals surface area contributed by atoms with Crippen molar-refractivity contribution in [2.24, 2.45) is 0 Å². The van der Waals surface area contributed by atoms with E-state index in [1.54, 1.807) is 0 Å². The molecule has 16 heavy (non-hydrogen) atoms. The van der Waals surface area contributed by atoms with Crippen molar-refractivity contribution in [1.29, 1.82) is 0 Å². The van der Waals surface area contributed by atoms with Crippen molar-refractivity contribution >= 4 is 5.69 Å². The Morgan fingerprint density at radius 2 is 2.12 bits per heavy atom. The van der Waals surface area contributed by atoms with Gasteiger partial charge >= 0.3 is 0 Å². The van der Waals surface area contributed by atoms with Crippen LogP contribution in [0.15, 0.2) is 24.3 Å². The summed E-state index contributed by atoms with van der Waals surface area (Å²) in [6.07, 6.45) is 1.42. The smallest absolute Gasteiger partial charge is 0.0859 e. The van der Waals surface area contributed by atoms with Crippen LogP contribution in [0, 0.1) is 0 Å². The number of nitrogens with zero attached hydrogens (tertiary/aromatic N) is 1. The molecule has 0 saturated heterocycles. The molecule has 0 aliphatic rings. The van der Waals surface area contributed by atoms with Crippen molar-refractivity contribution in [2.45, 2.75) is 26.4 Å². The molecule has 1 aromatic carbocycles. The average Bonchev–Trinajstić information content (AvgIpc) is 2.29. The molecule has 0 radical (unpaired) electrons. The zero-order chi connectivity index (χ0) is 12.0. The Balaban J connectivity index is 2.87. The number of nitrogen functional groups attached to an aromatic ring is 1. The summed E-state index contributed by atoms with van der Waals surface area (Å²) in [5.74, 6) is 0. The maximum Gasteiger partial charge on any atom is 0.0859 e. The number of anilines is 1. The second-order valence-electron chi connectivity index (χ2n) is 3.99. The lowest BCUT2D eigenvalue weighted by Crippen LogP contribution is -2.37. The predicted octanol–water partition coefficient (Wildman–Crippen LogP) is 2.22. The van der Waals surface area contributed by atoms with Crippen LogP contribution in [0.1, 0.15) is 32.0 Å². The highest BCUT2D eigenvalue weighted by Gasteiger charge is 2.16. The van der Waals surface area contributed by atoms with E-state index in [-0.39, 0.29) is 6.17 Å². The largest absolute Gasteiger partial charge is 0.399 e. The Morgan fingerprint density at radius 3 is 2.62 bits per heavy atom. The van der Waals surface area contributed by atoms with Crippen LogP contribution in [0.25, 0.3) is 0 Å². The van der Waals surface area contributed by atoms with Gasteiger partial charge in [0, 0.05) is 5.69 Å². The lowest BCUT2D eigenvalue weighted by atomic mass is 10.1. The van der Waals surface area contributed by atoms with Gasteiger partial charge in [-0.3, -0.25) is 4.90 Å². The third kappa shape index (κ3) is 3.22. The van der Waals surface area contributed by atoms with Crippen LogP contribution in [-0.2, 0) is 0 Å². The summed E-state index contributed by atoms with van der Waals surface area (Å²) in [6.45, 7) is 6.52. The van der Waals surface area contributed by atoms with Gasteiger partial charge < -0.3 is 11.1 Å². The van der Waals surface area contributed by atoms with E-state index in [1.165, 1.54) is 5.56 Å². The van der Waals surface area contributed by atoms with Crippen molar-refractivity contribution < 1.29 is 0 Å². The maximum atomic E-state index is 5.82. The third-order valence-corrected chi connectivity index (χ3v) is 2.78. The fourth-order valence-electron chi connectivity index (χ4n) is 2.05. The van der Waals surface area contributed by atoms with Gasteiger partial charge in [-0.15, -0.1) is 0 Å². The summed E-state index contributed by atoms with van der Waals surface area (Å²) in [4.78, 5) is 2.41. The van der Waals surface area contributed by atoms with E-state index in [1.807, 2.05) is 25.2 Å². The van der Waals surface area contributed by atoms with E-state index < -0.39 is 0 Å². The van der Waals surface area contributed by atoms with Crippen LogP contribution in [0.4, 0.5) is 5.69 Å². The summed E-state index contributed by atoms with van der Waals surface area (Å²) in [7, 11) is 1.99. The molecule has 3 nitrogen and oxygen atoms in total. The van der Waals surface area contributed by atoms with Crippen molar-refractivity contribution in [3.05, 3.63) is 29.8 Å². The van der Waals surface area contributed by atoms with E-state index >= 15 is 0 Å². The summed E-state index contributed by atoms with van der Waals surface area (Å²) >= 11 is 0. The zero-order valence-electron chi connectivity index (χ0n) is 10.5. The third-order valence-electron chi connectivity index (χ3n) is 2.78. The summed E-state index contributed by atoms with van der Waals surface area (Å²) in [5, 5.41) is 3.35. The monoisotopic (exact) mass is 221 g/mol. The molecule has 0 bridgehead atoms. The van der Waals surface area contributed by atoms with Gasteiger partial charge in [-0.25, -0.2) is 0 Å². The van der Waals surface area contributed by atoms with Crippen LogP contribution in [0.5, 0.6) is 0 Å². The predicted molar refractivity (Wildman–Crippen MR) is 70.2 cm³/mol. The van der Waals surface area contributed by atoms with Crippen LogP contribution in [0.3, 0.4) is 0 Å². The van der Waals surface area contributed by atoms with Crippen molar-refractivity contribution in [2.75, 3.05) is 25.9 Å². The quantitative estimate of drug-likeness (QED) is 0.571. The fraction of sp³-hybridized carbons (Fsp3) is 0.538. The number of rotatable bonds is 6. The molecule has 0 spiro atoms. The van der Waals surface area contributed by atoms with Gasteiger partial charge in [-0.2, -0.15) is 0 Å². The van der Waals surface area contributed by atoms with Crippen LogP contribution in [-0.4, -0.2) is 25.0 Å². The van der Waals surface area contributed by atoms with Gasteiger partial charge in [0.25, 0.3) is 0 Å². The Hall–Kier alpha value is -1.06. The van der Waals surface area contributed by atoms with Crippen molar-refractivity contribution in [1.82, 2.24) is 10.2 Å². The molecule has 1 unspecified atom stereocenters. The second kappa shape index (κ2) is 6.51. The Morgan fingerprint density at radius 1 is 1.38 bits per heavy atom. The molecule has 3 heteroatoms. The molecule has 1 atom stereocenters. The number of nitrogens with two attached hydrogens (primary N) is 1. The van der Waals surface area contributed by atoms with Gasteiger partial charge in [0.2, 0.25) is 0 Å². The van der Waals surface area contributed by atoms with Gasteiger partial charge in [0.15, 0.2) is 0 Å². The van der Waals surface area contributed by atoms with Gasteiger partial charge in [-0.1, -0.05) is 26.0 Å². The number of hydrogen-bond donors (Lipinski definition) is 2. The normalized spacial score (nSPS) is 13.0. The molecular formula is C13H23N3.